The van der Waals surface area contributed by atoms with Crippen LogP contribution in [0.15, 0.2) is 73.3 Å². The van der Waals surface area contributed by atoms with Crippen molar-refractivity contribution in [3.05, 3.63) is 90.3 Å². The van der Waals surface area contributed by atoms with Crippen LogP contribution in [-0.4, -0.2) is 49.9 Å². The second-order valence-corrected chi connectivity index (χ2v) is 8.96. The number of hydrogen-bond donors (Lipinski definition) is 1. The highest BCUT2D eigenvalue weighted by Crippen LogP contribution is 2.29. The first-order valence-electron chi connectivity index (χ1n) is 12.9. The second kappa shape index (κ2) is 13.4. The molecule has 1 amide bonds. The van der Waals surface area contributed by atoms with E-state index in [0.29, 0.717) is 49.1 Å². The number of imidazole rings is 1. The van der Waals surface area contributed by atoms with Gasteiger partial charge in [0.25, 0.3) is 0 Å². The van der Waals surface area contributed by atoms with Gasteiger partial charge in [-0.3, -0.25) is 4.79 Å². The molecule has 8 nitrogen and oxygen atoms in total. The van der Waals surface area contributed by atoms with Gasteiger partial charge in [-0.25, -0.2) is 4.98 Å². The van der Waals surface area contributed by atoms with Gasteiger partial charge in [-0.15, -0.1) is 6.58 Å². The van der Waals surface area contributed by atoms with Crippen LogP contribution in [0, 0.1) is 0 Å². The number of aromatic nitrogens is 2. The van der Waals surface area contributed by atoms with Crippen LogP contribution in [0.5, 0.6) is 23.0 Å². The molecule has 0 saturated carbocycles. The maximum atomic E-state index is 12.6. The summed E-state index contributed by atoms with van der Waals surface area (Å²) in [4.78, 5) is 17.4. The molecule has 0 spiro atoms. The van der Waals surface area contributed by atoms with E-state index in [0.717, 1.165) is 34.4 Å². The molecule has 4 aromatic rings. The van der Waals surface area contributed by atoms with Gasteiger partial charge in [0, 0.05) is 13.0 Å². The number of para-hydroxylation sites is 2. The fourth-order valence-corrected chi connectivity index (χ4v) is 4.49. The Morgan fingerprint density at radius 3 is 2.38 bits per heavy atom. The predicted octanol–water partition coefficient (Wildman–Crippen LogP) is 4.77. The summed E-state index contributed by atoms with van der Waals surface area (Å²) < 4.78 is 24.4. The van der Waals surface area contributed by atoms with Crippen molar-refractivity contribution in [2.24, 2.45) is 0 Å². The molecule has 0 bridgehead atoms. The standard InChI is InChI=1S/C31H35N3O5/c1-5-8-22-11-14-27(29(19-22)38-4)39-18-17-34-25-10-7-6-9-24(25)33-30(34)15-16-32-31(35)21-23-12-13-26(36-2)28(20-23)37-3/h5-7,9-14,19-20H,1,8,15-18,21H2,2-4H3,(H,32,35). The van der Waals surface area contributed by atoms with Crippen molar-refractivity contribution in [1.82, 2.24) is 14.9 Å². The van der Waals surface area contributed by atoms with E-state index in [1.165, 1.54) is 0 Å². The lowest BCUT2D eigenvalue weighted by Gasteiger charge is -2.14. The molecule has 0 atom stereocenters. The van der Waals surface area contributed by atoms with Crippen LogP contribution < -0.4 is 24.3 Å². The molecule has 0 unspecified atom stereocenters. The molecule has 0 radical (unpaired) electrons. The molecular formula is C31H35N3O5. The molecule has 4 rings (SSSR count). The van der Waals surface area contributed by atoms with E-state index in [1.807, 2.05) is 60.7 Å². The Morgan fingerprint density at radius 1 is 0.923 bits per heavy atom. The van der Waals surface area contributed by atoms with Crippen molar-refractivity contribution in [2.75, 3.05) is 34.5 Å². The van der Waals surface area contributed by atoms with Crippen LogP contribution in [0.4, 0.5) is 0 Å². The van der Waals surface area contributed by atoms with Crippen LogP contribution in [0.25, 0.3) is 11.0 Å². The Morgan fingerprint density at radius 2 is 1.62 bits per heavy atom. The van der Waals surface area contributed by atoms with Gasteiger partial charge in [-0.05, 0) is 53.9 Å². The Hall–Kier alpha value is -4.46. The first kappa shape index (κ1) is 27.6. The molecule has 204 valence electrons. The average molecular weight is 530 g/mol. The molecule has 0 saturated heterocycles. The number of carbonyl (C=O) groups is 1. The van der Waals surface area contributed by atoms with Crippen molar-refractivity contribution < 1.29 is 23.7 Å². The van der Waals surface area contributed by atoms with E-state index in [9.17, 15) is 4.79 Å². The maximum Gasteiger partial charge on any atom is 0.224 e. The molecule has 0 fully saturated rings. The van der Waals surface area contributed by atoms with Gasteiger partial charge < -0.3 is 28.8 Å². The third-order valence-corrected chi connectivity index (χ3v) is 6.40. The Labute approximate surface area is 229 Å². The van der Waals surface area contributed by atoms with Gasteiger partial charge in [-0.1, -0.05) is 30.3 Å². The topological polar surface area (TPSA) is 83.8 Å². The second-order valence-electron chi connectivity index (χ2n) is 8.96. The average Bonchev–Trinajstić information content (AvgIpc) is 3.30. The highest BCUT2D eigenvalue weighted by molar-refractivity contribution is 5.79. The molecule has 0 aliphatic heterocycles. The smallest absolute Gasteiger partial charge is 0.224 e. The first-order valence-corrected chi connectivity index (χ1v) is 12.9. The molecule has 39 heavy (non-hydrogen) atoms. The van der Waals surface area contributed by atoms with E-state index in [-0.39, 0.29) is 12.3 Å². The number of benzene rings is 3. The molecule has 1 heterocycles. The SMILES string of the molecule is C=CCc1ccc(OCCn2c(CCNC(=O)Cc3ccc(OC)c(OC)c3)nc3ccccc32)c(OC)c1. The van der Waals surface area contributed by atoms with Crippen molar-refractivity contribution in [2.45, 2.75) is 25.8 Å². The molecular weight excluding hydrogens is 494 g/mol. The lowest BCUT2D eigenvalue weighted by atomic mass is 10.1. The zero-order valence-electron chi connectivity index (χ0n) is 22.7. The predicted molar refractivity (Wildman–Crippen MR) is 152 cm³/mol. The third-order valence-electron chi connectivity index (χ3n) is 6.40. The van der Waals surface area contributed by atoms with Gasteiger partial charge in [0.2, 0.25) is 5.91 Å². The quantitative estimate of drug-likeness (QED) is 0.237. The van der Waals surface area contributed by atoms with Gasteiger partial charge in [0.05, 0.1) is 45.3 Å². The number of hydrogen-bond acceptors (Lipinski definition) is 6. The van der Waals surface area contributed by atoms with Crippen molar-refractivity contribution in [3.8, 4) is 23.0 Å². The molecule has 1 N–H and O–H groups in total. The van der Waals surface area contributed by atoms with Crippen molar-refractivity contribution in [3.63, 3.8) is 0 Å². The molecule has 0 aliphatic rings. The van der Waals surface area contributed by atoms with E-state index in [4.69, 9.17) is 23.9 Å². The number of amides is 1. The summed E-state index contributed by atoms with van der Waals surface area (Å²) in [5.74, 6) is 3.44. The van der Waals surface area contributed by atoms with Gasteiger partial charge in [0.15, 0.2) is 23.0 Å². The van der Waals surface area contributed by atoms with Crippen LogP contribution in [0.1, 0.15) is 17.0 Å². The maximum absolute atomic E-state index is 12.6. The van der Waals surface area contributed by atoms with Crippen LogP contribution in [0.2, 0.25) is 0 Å². The number of fused-ring (bicyclic) bond motifs is 1. The molecule has 3 aromatic carbocycles. The largest absolute Gasteiger partial charge is 0.493 e. The monoisotopic (exact) mass is 529 g/mol. The summed E-state index contributed by atoms with van der Waals surface area (Å²) in [6.45, 7) is 5.31. The number of methoxy groups -OCH3 is 3. The number of nitrogens with zero attached hydrogens (tertiary/aromatic N) is 2. The third kappa shape index (κ3) is 6.90. The van der Waals surface area contributed by atoms with Crippen LogP contribution in [0.3, 0.4) is 0 Å². The lowest BCUT2D eigenvalue weighted by Crippen LogP contribution is -2.28. The summed E-state index contributed by atoms with van der Waals surface area (Å²) in [6, 6.07) is 19.4. The fraction of sp³-hybridized carbons (Fsp3) is 0.290. The fourth-order valence-electron chi connectivity index (χ4n) is 4.49. The summed E-state index contributed by atoms with van der Waals surface area (Å²) in [5.41, 5.74) is 3.91. The van der Waals surface area contributed by atoms with Gasteiger partial charge in [-0.2, -0.15) is 0 Å². The normalized spacial score (nSPS) is 10.7. The zero-order chi connectivity index (χ0) is 27.6. The van der Waals surface area contributed by atoms with Crippen LogP contribution >= 0.6 is 0 Å². The number of ether oxygens (including phenoxy) is 4. The lowest BCUT2D eigenvalue weighted by molar-refractivity contribution is -0.120. The summed E-state index contributed by atoms with van der Waals surface area (Å²) >= 11 is 0. The minimum Gasteiger partial charge on any atom is -0.493 e. The Bertz CT molecular complexity index is 1430. The highest BCUT2D eigenvalue weighted by Gasteiger charge is 2.13. The zero-order valence-corrected chi connectivity index (χ0v) is 22.7. The van der Waals surface area contributed by atoms with E-state index in [2.05, 4.69) is 16.5 Å². The van der Waals surface area contributed by atoms with Gasteiger partial charge in [0.1, 0.15) is 12.4 Å². The minimum atomic E-state index is -0.0692. The van der Waals surface area contributed by atoms with E-state index >= 15 is 0 Å². The van der Waals surface area contributed by atoms with E-state index < -0.39 is 0 Å². The van der Waals surface area contributed by atoms with E-state index in [1.54, 1.807) is 27.4 Å². The highest BCUT2D eigenvalue weighted by atomic mass is 16.5. The van der Waals surface area contributed by atoms with Crippen molar-refractivity contribution in [1.29, 1.82) is 0 Å². The summed E-state index contributed by atoms with van der Waals surface area (Å²) in [6.07, 6.45) is 3.47. The molecule has 0 aliphatic carbocycles. The number of allylic oxidation sites excluding steroid dienone is 1. The summed E-state index contributed by atoms with van der Waals surface area (Å²) in [7, 11) is 4.80. The van der Waals surface area contributed by atoms with Crippen molar-refractivity contribution >= 4 is 16.9 Å². The van der Waals surface area contributed by atoms with Gasteiger partial charge >= 0.3 is 0 Å². The minimum absolute atomic E-state index is 0.0692. The molecule has 8 heteroatoms. The summed E-state index contributed by atoms with van der Waals surface area (Å²) in [5, 5.41) is 3.01. The number of rotatable bonds is 14. The number of nitrogens with one attached hydrogen (secondary N) is 1. The Kier molecular flexibility index (Phi) is 9.45. The molecule has 1 aromatic heterocycles. The number of carbonyl (C=O) groups excluding carboxylic acids is 1. The first-order chi connectivity index (χ1) is 19.1. The van der Waals surface area contributed by atoms with Crippen LogP contribution in [-0.2, 0) is 30.6 Å². The Balaban J connectivity index is 1.38.